The first-order chi connectivity index (χ1) is 46.4. The fraction of sp³-hybridized carbons (Fsp3) is 0.540. The molecular weight excluding hydrogens is 1430 g/mol. The van der Waals surface area contributed by atoms with Crippen molar-refractivity contribution in [2.24, 2.45) is 0 Å². The number of aryl methyl sites for hydroxylation is 3. The second-order valence-electron chi connectivity index (χ2n) is 22.9. The molecule has 99 heavy (non-hydrogen) atoms. The van der Waals surface area contributed by atoms with E-state index in [1.54, 1.807) is 29.2 Å². The third kappa shape index (κ3) is 28.1. The van der Waals surface area contributed by atoms with E-state index in [-0.39, 0.29) is 100 Å². The van der Waals surface area contributed by atoms with Gasteiger partial charge in [-0.05, 0) is 131 Å². The molecule has 3 heterocycles. The van der Waals surface area contributed by atoms with E-state index in [1.807, 2.05) is 52.8 Å². The van der Waals surface area contributed by atoms with Crippen molar-refractivity contribution in [3.63, 3.8) is 0 Å². The molecule has 3 aromatic rings. The normalized spacial score (nSPS) is 16.5. The summed E-state index contributed by atoms with van der Waals surface area (Å²) >= 11 is 5.16. The van der Waals surface area contributed by atoms with Crippen LogP contribution < -0.4 is 26.9 Å². The second-order valence-corrected chi connectivity index (χ2v) is 33.4. The van der Waals surface area contributed by atoms with Gasteiger partial charge in [-0.1, -0.05) is 69.7 Å². The Labute approximate surface area is 588 Å². The molecule has 0 radical (unpaired) electrons. The van der Waals surface area contributed by atoms with Gasteiger partial charge in [-0.3, -0.25) is 28.5 Å². The Morgan fingerprint density at radius 2 is 1.61 bits per heavy atom. The zero-order chi connectivity index (χ0) is 71.8. The molecule has 29 nitrogen and oxygen atoms in total. The maximum absolute atomic E-state index is 13.7. The quantitative estimate of drug-likeness (QED) is 0.00268. The van der Waals surface area contributed by atoms with E-state index < -0.39 is 87.2 Å². The first kappa shape index (κ1) is 84.4. The Hall–Kier alpha value is -5.27. The summed E-state index contributed by atoms with van der Waals surface area (Å²) in [6, 6.07) is 12.8. The number of carboxylic acid groups (broad SMARTS) is 1. The number of Topliss-reactive ketones (excluding diaryl/α,β-unsaturated/α-hetero) is 1. The van der Waals surface area contributed by atoms with E-state index in [4.69, 9.17) is 63.1 Å². The number of esters is 1. The molecule has 1 aromatic heterocycles. The highest BCUT2D eigenvalue weighted by molar-refractivity contribution is 8.77. The number of alkyl carbamates (subject to hydrolysis) is 1. The van der Waals surface area contributed by atoms with Crippen molar-refractivity contribution in [2.75, 3.05) is 84.1 Å². The molecule has 2 aromatic carbocycles. The number of phosphoric acid groups is 3. The first-order valence-electron chi connectivity index (χ1n) is 31.2. The summed E-state index contributed by atoms with van der Waals surface area (Å²) in [5.74, 6) is 4.53. The fourth-order valence-corrected chi connectivity index (χ4v) is 15.7. The molecule has 2 aliphatic heterocycles. The van der Waals surface area contributed by atoms with Crippen LogP contribution in [0.25, 0.3) is 33.4 Å². The Kier molecular flexibility index (Phi) is 34.6. The van der Waals surface area contributed by atoms with Crippen LogP contribution in [-0.2, 0) is 91.9 Å². The minimum Gasteiger partial charge on any atom is -0.478 e. The number of H-pyrrole nitrogens is 1. The van der Waals surface area contributed by atoms with E-state index in [9.17, 15) is 57.4 Å². The van der Waals surface area contributed by atoms with Gasteiger partial charge >= 0.3 is 47.2 Å². The van der Waals surface area contributed by atoms with E-state index in [2.05, 4.69) is 48.7 Å². The van der Waals surface area contributed by atoms with Crippen LogP contribution in [-0.4, -0.2) is 159 Å². The average molecular weight is 1520 g/mol. The molecule has 0 saturated carbocycles. The number of carboxylic acids is 1. The molecule has 8 N–H and O–H groups in total. The number of fused-ring (bicyclic) bond motifs is 2. The summed E-state index contributed by atoms with van der Waals surface area (Å²) in [5, 5.41) is 14.8. The van der Waals surface area contributed by atoms with E-state index in [0.717, 1.165) is 56.6 Å². The maximum atomic E-state index is 13.7. The molecule has 1 fully saturated rings. The third-order valence-electron chi connectivity index (χ3n) is 14.5. The van der Waals surface area contributed by atoms with Crippen molar-refractivity contribution in [3.05, 3.63) is 108 Å². The van der Waals surface area contributed by atoms with Crippen LogP contribution >= 0.6 is 45.1 Å². The van der Waals surface area contributed by atoms with Gasteiger partial charge in [0.25, 0.3) is 5.56 Å². The molecule has 36 heteroatoms. The summed E-state index contributed by atoms with van der Waals surface area (Å²) < 4.78 is 93.9. The minimum absolute atomic E-state index is 0. The number of amides is 1. The monoisotopic (exact) mass is 1520 g/mol. The standard InChI is InChI=1S/C62H83N4O25P3S4.CH4/c1-8-15-42-33-51-47(30-40(42)3)57(48-31-41(4)49(63-9-2)34-52(48)88-51)46-32-43(19-20-45(46)59(70)71)50(67)17-14-24-81-28-29-82-27-22-64-61(73)85-26-21-62(5,6)97-96-38-83-23-12-13-25-84-56(68)18-11-10-16-44-36-66(60(72)65-58(44)69)55-35-53(86-39-98(7)95)54(89-55)37-87-93(77,78)91-94(79,80)90-92(74,75)76;/h19-20,30-34,36,53-55H,8-9,11-15,17-18,21-29,35,37-39H2,1-7H3,(H,64,73)(H,70,71)(H,77,78)(H,79,80)(H,65,69,72)(H2,74,75,76);1H4/p+1/t53-,54+,55+,98?;/m0./s1. The van der Waals surface area contributed by atoms with Crippen LogP contribution in [0.15, 0.2) is 62.7 Å². The smallest absolute Gasteiger partial charge is 0.478 e. The van der Waals surface area contributed by atoms with Gasteiger partial charge in [-0.25, -0.2) is 33.1 Å². The molecule has 6 atom stereocenters. The van der Waals surface area contributed by atoms with E-state index in [0.29, 0.717) is 79.4 Å². The van der Waals surface area contributed by atoms with Crippen molar-refractivity contribution in [1.82, 2.24) is 14.9 Å². The molecular formula is C63H88N4O25P3S4+. The zero-order valence-corrected chi connectivity index (χ0v) is 61.2. The largest absolute Gasteiger partial charge is 0.490 e. The van der Waals surface area contributed by atoms with Crippen molar-refractivity contribution in [2.45, 2.75) is 136 Å². The highest BCUT2D eigenvalue weighted by Crippen LogP contribution is 2.66. The molecule has 0 spiro atoms. The number of unbranched alkanes of at least 4 members (excludes halogenated alkanes) is 1. The van der Waals surface area contributed by atoms with Gasteiger partial charge in [0.1, 0.15) is 41.7 Å². The van der Waals surface area contributed by atoms with Gasteiger partial charge in [0.2, 0.25) is 5.36 Å². The van der Waals surface area contributed by atoms with Gasteiger partial charge in [0.15, 0.2) is 5.78 Å². The maximum Gasteiger partial charge on any atom is 0.490 e. The topological polar surface area (TPSA) is 407 Å². The highest BCUT2D eigenvalue weighted by atomic mass is 33.1. The Morgan fingerprint density at radius 3 is 2.31 bits per heavy atom. The van der Waals surface area contributed by atoms with Crippen molar-refractivity contribution >= 4 is 100 Å². The molecule has 1 amide bonds. The number of nitrogens with one attached hydrogen (secondary N) is 3. The summed E-state index contributed by atoms with van der Waals surface area (Å²) in [6.07, 6.45) is 2.76. The van der Waals surface area contributed by atoms with Crippen molar-refractivity contribution in [3.8, 4) is 34.3 Å². The lowest BCUT2D eigenvalue weighted by atomic mass is 9.87. The number of aromatic carboxylic acids is 1. The van der Waals surface area contributed by atoms with Crippen LogP contribution in [0.1, 0.15) is 142 Å². The highest BCUT2D eigenvalue weighted by Gasteiger charge is 2.44. The van der Waals surface area contributed by atoms with Crippen LogP contribution in [0.2, 0.25) is 0 Å². The summed E-state index contributed by atoms with van der Waals surface area (Å²) in [6.45, 7) is 14.1. The average Bonchev–Trinajstić information content (AvgIpc) is 1.02. The lowest BCUT2D eigenvalue weighted by molar-refractivity contribution is -0.496. The zero-order valence-electron chi connectivity index (χ0n) is 55.2. The van der Waals surface area contributed by atoms with Crippen molar-refractivity contribution < 1.29 is 113 Å². The lowest BCUT2D eigenvalue weighted by Gasteiger charge is -2.22. The van der Waals surface area contributed by atoms with E-state index in [1.165, 1.54) is 16.9 Å². The number of benzene rings is 3. The van der Waals surface area contributed by atoms with Crippen LogP contribution in [0.3, 0.4) is 0 Å². The van der Waals surface area contributed by atoms with Crippen LogP contribution in [0, 0.1) is 25.7 Å². The predicted molar refractivity (Wildman–Crippen MR) is 376 cm³/mol. The Balaban J connectivity index is 0.0000177. The molecule has 3 unspecified atom stereocenters. The van der Waals surface area contributed by atoms with Gasteiger partial charge in [-0.15, -0.1) is 0 Å². The molecule has 548 valence electrons. The summed E-state index contributed by atoms with van der Waals surface area (Å²) in [7, 11) is -14.6. The number of hydrogen-bond donors (Lipinski definition) is 8. The van der Waals surface area contributed by atoms with Gasteiger partial charge in [0, 0.05) is 77.6 Å². The third-order valence-corrected chi connectivity index (χ3v) is 22.1. The number of rotatable bonds is 41. The first-order valence-corrected chi connectivity index (χ1v) is 40.7. The number of aromatic nitrogens is 2. The molecule has 1 aliphatic carbocycles. The van der Waals surface area contributed by atoms with Gasteiger partial charge < -0.3 is 67.6 Å². The Morgan fingerprint density at radius 1 is 0.879 bits per heavy atom. The summed E-state index contributed by atoms with van der Waals surface area (Å²) in [4.78, 5) is 119. The van der Waals surface area contributed by atoms with Gasteiger partial charge in [-0.2, -0.15) is 8.62 Å². The second kappa shape index (κ2) is 40.5. The lowest BCUT2D eigenvalue weighted by Crippen LogP contribution is -2.76. The molecule has 0 bridgehead atoms. The number of ketones is 1. The SMILES string of the molecule is C.CCCc1cc2oc3cc(=[NH+]CC)c(C)cc-3c(-c3cc(C(=O)CCCOCCOCCNC(=O)OCCC(C)(C)SSCOCCCCOC(=O)CCC#Cc4cn([C@H]5C[C@H](OCS(C)=S)[C@@H](COP(=O)(O)OP(=O)(O)OP(=O)(O)O)O5)c(=O)[nH]c4=O)ccc3C(=O)O)c2cc1C. The number of nitrogens with zero attached hydrogens (tertiary/aromatic N) is 1. The minimum atomic E-state index is -5.80. The van der Waals surface area contributed by atoms with Crippen LogP contribution in [0.5, 0.6) is 0 Å². The molecule has 6 rings (SSSR count). The number of carbonyl (C=O) groups excluding carboxylic acids is 3. The Bertz CT molecular complexity index is 4000. The van der Waals surface area contributed by atoms with E-state index >= 15 is 0 Å². The van der Waals surface area contributed by atoms with Crippen LogP contribution in [0.4, 0.5) is 4.79 Å². The fourth-order valence-electron chi connectivity index (χ4n) is 9.87. The number of phosphoric ester groups is 1. The van der Waals surface area contributed by atoms with Crippen molar-refractivity contribution in [1.29, 1.82) is 0 Å². The number of hydrogen-bond acceptors (Lipinski definition) is 23. The number of aromatic amines is 1. The number of carbonyl (C=O) groups is 4. The molecule has 1 saturated heterocycles. The summed E-state index contributed by atoms with van der Waals surface area (Å²) in [5.41, 5.74) is 4.23. The number of ether oxygens (including phenoxy) is 7. The predicted octanol–water partition coefficient (Wildman–Crippen LogP) is 8.04. The van der Waals surface area contributed by atoms with Gasteiger partial charge in [0.05, 0.1) is 69.7 Å². The molecule has 3 aliphatic rings.